The van der Waals surface area contributed by atoms with E-state index in [1.54, 1.807) is 30.3 Å². The maximum atomic E-state index is 11.4. The minimum Gasteiger partial charge on any atom is -0.481 e. The smallest absolute Gasteiger partial charge is 0.313 e. The van der Waals surface area contributed by atoms with Crippen molar-refractivity contribution in [3.8, 4) is 22.5 Å². The molecular weight excluding hydrogens is 398 g/mol. The third-order valence-corrected chi connectivity index (χ3v) is 4.57. The first-order valence-corrected chi connectivity index (χ1v) is 9.25. The molecule has 0 aliphatic rings. The Morgan fingerprint density at radius 3 is 2.62 bits per heavy atom. The third kappa shape index (κ3) is 5.17. The van der Waals surface area contributed by atoms with Gasteiger partial charge in [0.15, 0.2) is 11.0 Å². The Morgan fingerprint density at radius 1 is 1.17 bits per heavy atom. The van der Waals surface area contributed by atoms with Gasteiger partial charge in [-0.25, -0.2) is 0 Å². The molecule has 0 atom stereocenters. The van der Waals surface area contributed by atoms with E-state index < -0.39 is 10.9 Å². The molecule has 0 aliphatic heterocycles. The molecule has 3 N–H and O–H groups in total. The number of nitro benzene ring substituents is 1. The average Bonchev–Trinajstić information content (AvgIpc) is 3.15. The zero-order valence-electron chi connectivity index (χ0n) is 15.1. The van der Waals surface area contributed by atoms with Crippen molar-refractivity contribution in [1.29, 1.82) is 0 Å². The first-order valence-electron chi connectivity index (χ1n) is 8.27. The van der Waals surface area contributed by atoms with Gasteiger partial charge in [-0.2, -0.15) is 0 Å². The highest BCUT2D eigenvalue weighted by molar-refractivity contribution is 7.99. The summed E-state index contributed by atoms with van der Waals surface area (Å²) >= 11 is 0.960. The van der Waals surface area contributed by atoms with Crippen LogP contribution in [0.25, 0.3) is 22.5 Å². The Bertz CT molecular complexity index is 1100. The number of aliphatic carboxylic acids is 1. The van der Waals surface area contributed by atoms with Gasteiger partial charge in [-0.3, -0.25) is 19.7 Å². The summed E-state index contributed by atoms with van der Waals surface area (Å²) in [6.07, 6.45) is 0. The van der Waals surface area contributed by atoms with Crippen LogP contribution in [0.3, 0.4) is 0 Å². The fraction of sp³-hybridized carbons (Fsp3) is 0.111. The van der Waals surface area contributed by atoms with Crippen LogP contribution in [0.1, 0.15) is 6.92 Å². The lowest BCUT2D eigenvalue weighted by molar-refractivity contribution is -0.384. The molecule has 0 saturated heterocycles. The van der Waals surface area contributed by atoms with Crippen molar-refractivity contribution >= 4 is 35.0 Å². The predicted octanol–water partition coefficient (Wildman–Crippen LogP) is 3.18. The second-order valence-electron chi connectivity index (χ2n) is 5.95. The summed E-state index contributed by atoms with van der Waals surface area (Å²) < 4.78 is 0. The predicted molar refractivity (Wildman–Crippen MR) is 107 cm³/mol. The number of thioether (sulfide) groups is 1. The molecule has 0 fully saturated rings. The van der Waals surface area contributed by atoms with E-state index in [0.29, 0.717) is 27.5 Å². The van der Waals surface area contributed by atoms with Crippen molar-refractivity contribution in [3.63, 3.8) is 0 Å². The maximum absolute atomic E-state index is 11.4. The first-order chi connectivity index (χ1) is 13.8. The fourth-order valence-electron chi connectivity index (χ4n) is 2.57. The van der Waals surface area contributed by atoms with Gasteiger partial charge in [0.2, 0.25) is 5.91 Å². The van der Waals surface area contributed by atoms with Gasteiger partial charge >= 0.3 is 5.97 Å². The van der Waals surface area contributed by atoms with Crippen molar-refractivity contribution < 1.29 is 19.6 Å². The molecule has 1 amide bonds. The normalized spacial score (nSPS) is 10.5. The number of aromatic amines is 1. The summed E-state index contributed by atoms with van der Waals surface area (Å²) in [4.78, 5) is 35.7. The van der Waals surface area contributed by atoms with Crippen LogP contribution < -0.4 is 5.32 Å². The van der Waals surface area contributed by atoms with Crippen LogP contribution in [0.4, 0.5) is 11.4 Å². The van der Waals surface area contributed by atoms with Crippen molar-refractivity contribution in [1.82, 2.24) is 15.2 Å². The highest BCUT2D eigenvalue weighted by Crippen LogP contribution is 2.31. The number of hydrogen-bond donors (Lipinski definition) is 3. The molecule has 0 spiro atoms. The molecule has 1 aromatic heterocycles. The topological polar surface area (TPSA) is 151 Å². The van der Waals surface area contributed by atoms with Gasteiger partial charge < -0.3 is 15.4 Å². The van der Waals surface area contributed by atoms with E-state index in [4.69, 9.17) is 5.11 Å². The number of carbonyl (C=O) groups is 2. The number of anilines is 1. The summed E-state index contributed by atoms with van der Waals surface area (Å²) in [5, 5.41) is 30.9. The van der Waals surface area contributed by atoms with E-state index in [0.717, 1.165) is 11.8 Å². The van der Waals surface area contributed by atoms with E-state index in [1.807, 2.05) is 0 Å². The lowest BCUT2D eigenvalue weighted by atomic mass is 10.0. The van der Waals surface area contributed by atoms with E-state index >= 15 is 0 Å². The molecule has 3 aromatic rings. The lowest BCUT2D eigenvalue weighted by Gasteiger charge is -2.08. The number of carboxylic acid groups (broad SMARTS) is 1. The third-order valence-electron chi connectivity index (χ3n) is 3.72. The molecule has 0 unspecified atom stereocenters. The number of non-ortho nitro benzene ring substituents is 1. The molecule has 3 rings (SSSR count). The van der Waals surface area contributed by atoms with Crippen LogP contribution in [0.5, 0.6) is 0 Å². The van der Waals surface area contributed by atoms with E-state index in [1.165, 1.54) is 19.1 Å². The standard InChI is InChI=1S/C18H15N5O5S/c1-10(24)19-14-4-2-3-11(6-14)12-5-13(8-15(7-12)23(27)28)17-20-18(22-21-17)29-9-16(25)26/h2-8H,9H2,1H3,(H,19,24)(H,25,26)(H,20,21,22). The molecule has 29 heavy (non-hydrogen) atoms. The number of nitrogens with one attached hydrogen (secondary N) is 2. The number of hydrogen-bond acceptors (Lipinski definition) is 7. The van der Waals surface area contributed by atoms with Crippen LogP contribution in [0.2, 0.25) is 0 Å². The van der Waals surface area contributed by atoms with Crippen molar-refractivity contribution in [3.05, 3.63) is 52.6 Å². The number of amides is 1. The quantitative estimate of drug-likeness (QED) is 0.303. The molecule has 2 aromatic carbocycles. The Balaban J connectivity index is 2.00. The van der Waals surface area contributed by atoms with Gasteiger partial charge in [-0.05, 0) is 29.3 Å². The second-order valence-corrected chi connectivity index (χ2v) is 6.91. The van der Waals surface area contributed by atoms with E-state index in [-0.39, 0.29) is 23.2 Å². The first kappa shape index (κ1) is 20.0. The molecule has 10 nitrogen and oxygen atoms in total. The number of carbonyl (C=O) groups excluding carboxylic acids is 1. The monoisotopic (exact) mass is 413 g/mol. The largest absolute Gasteiger partial charge is 0.481 e. The molecule has 1 heterocycles. The maximum Gasteiger partial charge on any atom is 0.313 e. The highest BCUT2D eigenvalue weighted by atomic mass is 32.2. The van der Waals surface area contributed by atoms with Crippen LogP contribution in [-0.4, -0.2) is 42.8 Å². The SMILES string of the molecule is CC(=O)Nc1cccc(-c2cc(-c3nnc(SCC(=O)O)[nH]3)cc([N+](=O)[O-])c2)c1. The lowest BCUT2D eigenvalue weighted by Crippen LogP contribution is -2.05. The summed E-state index contributed by atoms with van der Waals surface area (Å²) in [5.74, 6) is -1.13. The zero-order chi connectivity index (χ0) is 21.0. The van der Waals surface area contributed by atoms with Crippen LogP contribution in [0.15, 0.2) is 47.6 Å². The molecule has 0 aliphatic carbocycles. The van der Waals surface area contributed by atoms with E-state index in [2.05, 4.69) is 20.5 Å². The molecule has 0 bridgehead atoms. The summed E-state index contributed by atoms with van der Waals surface area (Å²) in [6.45, 7) is 1.39. The highest BCUT2D eigenvalue weighted by Gasteiger charge is 2.15. The van der Waals surface area contributed by atoms with Crippen molar-refractivity contribution in [2.24, 2.45) is 0 Å². The van der Waals surface area contributed by atoms with Gasteiger partial charge in [0.25, 0.3) is 5.69 Å². The van der Waals surface area contributed by atoms with Gasteiger partial charge in [0, 0.05) is 30.3 Å². The Morgan fingerprint density at radius 2 is 1.93 bits per heavy atom. The Kier molecular flexibility index (Phi) is 5.88. The minimum absolute atomic E-state index is 0.140. The van der Waals surface area contributed by atoms with Gasteiger partial charge in [0.1, 0.15) is 0 Å². The number of rotatable bonds is 7. The molecule has 148 valence electrons. The number of H-pyrrole nitrogens is 1. The summed E-state index contributed by atoms with van der Waals surface area (Å²) in [5.41, 5.74) is 2.07. The zero-order valence-corrected chi connectivity index (χ0v) is 15.9. The summed E-state index contributed by atoms with van der Waals surface area (Å²) in [6, 6.07) is 11.4. The second kappa shape index (κ2) is 8.52. The number of nitrogens with zero attached hydrogens (tertiary/aromatic N) is 3. The van der Waals surface area contributed by atoms with Crippen LogP contribution >= 0.6 is 11.8 Å². The number of benzene rings is 2. The number of nitro groups is 1. The summed E-state index contributed by atoms with van der Waals surface area (Å²) in [7, 11) is 0. The number of aromatic nitrogens is 3. The van der Waals surface area contributed by atoms with Crippen molar-refractivity contribution in [2.45, 2.75) is 12.1 Å². The Labute approximate surface area is 168 Å². The van der Waals surface area contributed by atoms with Gasteiger partial charge in [-0.15, -0.1) is 10.2 Å². The number of carboxylic acids is 1. The molecule has 11 heteroatoms. The molecule has 0 radical (unpaired) electrons. The molecule has 0 saturated carbocycles. The van der Waals surface area contributed by atoms with Gasteiger partial charge in [-0.1, -0.05) is 23.9 Å². The average molecular weight is 413 g/mol. The molecular formula is C18H15N5O5S. The van der Waals surface area contributed by atoms with E-state index in [9.17, 15) is 19.7 Å². The van der Waals surface area contributed by atoms with Crippen molar-refractivity contribution in [2.75, 3.05) is 11.1 Å². The van der Waals surface area contributed by atoms with Gasteiger partial charge in [0.05, 0.1) is 10.7 Å². The van der Waals surface area contributed by atoms with Crippen LogP contribution in [-0.2, 0) is 9.59 Å². The fourth-order valence-corrected chi connectivity index (χ4v) is 3.10. The minimum atomic E-state index is -0.996. The van der Waals surface area contributed by atoms with Crippen LogP contribution in [0, 0.1) is 10.1 Å². The Hall–Kier alpha value is -3.73.